The highest BCUT2D eigenvalue weighted by molar-refractivity contribution is 6.39. The molecule has 0 aliphatic carbocycles. The summed E-state index contributed by atoms with van der Waals surface area (Å²) in [7, 11) is 2.10. The Bertz CT molecular complexity index is 990. The molecule has 1 fully saturated rings. The summed E-state index contributed by atoms with van der Waals surface area (Å²) < 4.78 is 11.1. The number of carbonyl (C=O) groups excluding carboxylic acids is 2. The summed E-state index contributed by atoms with van der Waals surface area (Å²) in [6.45, 7) is 6.58. The van der Waals surface area contributed by atoms with E-state index in [0.29, 0.717) is 37.8 Å². The third kappa shape index (κ3) is 5.46. The zero-order chi connectivity index (χ0) is 23.2. The second-order valence-electron chi connectivity index (χ2n) is 8.32. The molecular formula is C25H32N4O4. The van der Waals surface area contributed by atoms with Gasteiger partial charge in [0.2, 0.25) is 0 Å². The van der Waals surface area contributed by atoms with Crippen LogP contribution in [0, 0.1) is 0 Å². The van der Waals surface area contributed by atoms with Gasteiger partial charge in [-0.05, 0) is 42.7 Å². The third-order valence-corrected chi connectivity index (χ3v) is 6.20. The molecule has 2 heterocycles. The second-order valence-corrected chi connectivity index (χ2v) is 8.32. The first-order valence-corrected chi connectivity index (χ1v) is 11.5. The molecule has 176 valence electrons. The number of carbonyl (C=O) groups is 2. The molecule has 1 atom stereocenters. The standard InChI is InChI=1S/C25H32N4O4/c1-3-33-23-7-5-4-6-20(23)27-25(31)24(30)26-17-22(29-12-14-32-15-13-29)18-8-9-21-19(16-18)10-11-28(21)2/h4-9,16,22H,3,10-15,17H2,1-2H3,(H,26,30)(H,27,31)/t22-/m0/s1. The van der Waals surface area contributed by atoms with Gasteiger partial charge in [-0.2, -0.15) is 0 Å². The number of hydrogen-bond acceptors (Lipinski definition) is 6. The molecule has 0 saturated carbocycles. The first-order chi connectivity index (χ1) is 16.1. The van der Waals surface area contributed by atoms with Crippen LogP contribution in [-0.4, -0.2) is 69.8 Å². The maximum atomic E-state index is 12.7. The molecule has 8 nitrogen and oxygen atoms in total. The molecule has 4 rings (SSSR count). The number of rotatable bonds is 7. The highest BCUT2D eigenvalue weighted by Crippen LogP contribution is 2.31. The van der Waals surface area contributed by atoms with Gasteiger partial charge in [-0.1, -0.05) is 24.3 Å². The number of benzene rings is 2. The summed E-state index contributed by atoms with van der Waals surface area (Å²) in [5.41, 5.74) is 4.21. The molecule has 0 bridgehead atoms. The topological polar surface area (TPSA) is 83.1 Å². The van der Waals surface area contributed by atoms with Crippen molar-refractivity contribution in [1.29, 1.82) is 0 Å². The molecule has 2 N–H and O–H groups in total. The largest absolute Gasteiger partial charge is 0.492 e. The van der Waals surface area contributed by atoms with Gasteiger partial charge in [-0.25, -0.2) is 0 Å². The lowest BCUT2D eigenvalue weighted by atomic mass is 10.0. The summed E-state index contributed by atoms with van der Waals surface area (Å²) in [5.74, 6) is -0.839. The summed E-state index contributed by atoms with van der Waals surface area (Å²) >= 11 is 0. The van der Waals surface area contributed by atoms with Gasteiger partial charge in [0.05, 0.1) is 31.5 Å². The van der Waals surface area contributed by atoms with Gasteiger partial charge in [0, 0.05) is 38.9 Å². The van der Waals surface area contributed by atoms with E-state index < -0.39 is 11.8 Å². The fraction of sp³-hybridized carbons (Fsp3) is 0.440. The van der Waals surface area contributed by atoms with Crippen molar-refractivity contribution < 1.29 is 19.1 Å². The van der Waals surface area contributed by atoms with Crippen LogP contribution in [0.25, 0.3) is 0 Å². The SMILES string of the molecule is CCOc1ccccc1NC(=O)C(=O)NC[C@@H](c1ccc2c(c1)CCN2C)N1CCOCC1. The number of amides is 2. The Morgan fingerprint density at radius 3 is 2.67 bits per heavy atom. The minimum atomic E-state index is -0.710. The molecule has 0 unspecified atom stereocenters. The van der Waals surface area contributed by atoms with E-state index >= 15 is 0 Å². The van der Waals surface area contributed by atoms with Crippen LogP contribution in [0.4, 0.5) is 11.4 Å². The number of fused-ring (bicyclic) bond motifs is 1. The third-order valence-electron chi connectivity index (χ3n) is 6.20. The van der Waals surface area contributed by atoms with Crippen molar-refractivity contribution in [2.45, 2.75) is 19.4 Å². The number of anilines is 2. The molecular weight excluding hydrogens is 420 g/mol. The van der Waals surface area contributed by atoms with Crippen LogP contribution in [0.2, 0.25) is 0 Å². The summed E-state index contributed by atoms with van der Waals surface area (Å²) in [5, 5.41) is 5.50. The molecule has 2 amide bonds. The Morgan fingerprint density at radius 2 is 1.88 bits per heavy atom. The number of hydrogen-bond donors (Lipinski definition) is 2. The van der Waals surface area contributed by atoms with E-state index in [1.807, 2.05) is 13.0 Å². The van der Waals surface area contributed by atoms with E-state index in [-0.39, 0.29) is 6.04 Å². The molecule has 2 aliphatic rings. The minimum Gasteiger partial charge on any atom is -0.492 e. The van der Waals surface area contributed by atoms with Crippen LogP contribution in [0.5, 0.6) is 5.75 Å². The Morgan fingerprint density at radius 1 is 1.09 bits per heavy atom. The average Bonchev–Trinajstić information content (AvgIpc) is 3.21. The Kier molecular flexibility index (Phi) is 7.47. The van der Waals surface area contributed by atoms with Crippen molar-refractivity contribution in [3.63, 3.8) is 0 Å². The maximum Gasteiger partial charge on any atom is 0.313 e. The number of ether oxygens (including phenoxy) is 2. The minimum absolute atomic E-state index is 0.0300. The van der Waals surface area contributed by atoms with Gasteiger partial charge < -0.3 is 25.0 Å². The lowest BCUT2D eigenvalue weighted by Gasteiger charge is -2.35. The van der Waals surface area contributed by atoms with Gasteiger partial charge >= 0.3 is 11.8 Å². The summed E-state index contributed by atoms with van der Waals surface area (Å²) in [6, 6.07) is 13.6. The van der Waals surface area contributed by atoms with Crippen molar-refractivity contribution >= 4 is 23.2 Å². The van der Waals surface area contributed by atoms with Gasteiger partial charge in [0.25, 0.3) is 0 Å². The van der Waals surface area contributed by atoms with E-state index in [4.69, 9.17) is 9.47 Å². The highest BCUT2D eigenvalue weighted by atomic mass is 16.5. The Labute approximate surface area is 194 Å². The van der Waals surface area contributed by atoms with E-state index in [2.05, 4.69) is 45.7 Å². The van der Waals surface area contributed by atoms with Crippen LogP contribution in [0.3, 0.4) is 0 Å². The normalized spacial score (nSPS) is 16.7. The molecule has 2 aromatic rings. The van der Waals surface area contributed by atoms with E-state index in [9.17, 15) is 9.59 Å². The fourth-order valence-electron chi connectivity index (χ4n) is 4.44. The van der Waals surface area contributed by atoms with Gasteiger partial charge in [-0.15, -0.1) is 0 Å². The average molecular weight is 453 g/mol. The molecule has 2 aliphatic heterocycles. The van der Waals surface area contributed by atoms with Crippen LogP contribution in [-0.2, 0) is 20.7 Å². The summed E-state index contributed by atoms with van der Waals surface area (Å²) in [4.78, 5) is 29.8. The number of nitrogens with one attached hydrogen (secondary N) is 2. The van der Waals surface area contributed by atoms with Crippen LogP contribution < -0.4 is 20.3 Å². The maximum absolute atomic E-state index is 12.7. The number of para-hydroxylation sites is 2. The van der Waals surface area contributed by atoms with Gasteiger partial charge in [-0.3, -0.25) is 14.5 Å². The Hall–Kier alpha value is -3.10. The summed E-state index contributed by atoms with van der Waals surface area (Å²) in [6.07, 6.45) is 1.02. The van der Waals surface area contributed by atoms with Crippen LogP contribution in [0.1, 0.15) is 24.1 Å². The molecule has 2 aromatic carbocycles. The highest BCUT2D eigenvalue weighted by Gasteiger charge is 2.26. The number of likely N-dealkylation sites (N-methyl/N-ethyl adjacent to an activating group) is 1. The second kappa shape index (κ2) is 10.7. The first-order valence-electron chi connectivity index (χ1n) is 11.5. The lowest BCUT2D eigenvalue weighted by molar-refractivity contribution is -0.136. The van der Waals surface area contributed by atoms with Crippen molar-refractivity contribution in [2.75, 3.05) is 63.3 Å². The van der Waals surface area contributed by atoms with Crippen molar-refractivity contribution in [3.8, 4) is 5.75 Å². The molecule has 1 saturated heterocycles. The van der Waals surface area contributed by atoms with Crippen molar-refractivity contribution in [1.82, 2.24) is 10.2 Å². The molecule has 0 radical (unpaired) electrons. The van der Waals surface area contributed by atoms with Crippen molar-refractivity contribution in [3.05, 3.63) is 53.6 Å². The Balaban J connectivity index is 1.44. The van der Waals surface area contributed by atoms with Gasteiger partial charge in [0.15, 0.2) is 0 Å². The van der Waals surface area contributed by atoms with Crippen LogP contribution in [0.15, 0.2) is 42.5 Å². The smallest absolute Gasteiger partial charge is 0.313 e. The zero-order valence-electron chi connectivity index (χ0n) is 19.3. The predicted molar refractivity (Wildman–Crippen MR) is 128 cm³/mol. The molecule has 33 heavy (non-hydrogen) atoms. The fourth-order valence-corrected chi connectivity index (χ4v) is 4.44. The van der Waals surface area contributed by atoms with Crippen molar-refractivity contribution in [2.24, 2.45) is 0 Å². The number of morpholine rings is 1. The lowest BCUT2D eigenvalue weighted by Crippen LogP contribution is -2.45. The predicted octanol–water partition coefficient (Wildman–Crippen LogP) is 2.21. The van der Waals surface area contributed by atoms with E-state index in [1.165, 1.54) is 11.3 Å². The van der Waals surface area contributed by atoms with Gasteiger partial charge in [0.1, 0.15) is 5.75 Å². The van der Waals surface area contributed by atoms with E-state index in [1.54, 1.807) is 18.2 Å². The quantitative estimate of drug-likeness (QED) is 0.627. The molecule has 0 spiro atoms. The first kappa shape index (κ1) is 23.1. The van der Waals surface area contributed by atoms with E-state index in [0.717, 1.165) is 31.6 Å². The molecule has 8 heteroatoms. The number of nitrogens with zero attached hydrogens (tertiary/aromatic N) is 2. The monoisotopic (exact) mass is 452 g/mol. The molecule has 0 aromatic heterocycles. The zero-order valence-corrected chi connectivity index (χ0v) is 19.3. The van der Waals surface area contributed by atoms with Crippen LogP contribution >= 0.6 is 0 Å².